The largest absolute Gasteiger partial charge is 0.507 e. The van der Waals surface area contributed by atoms with Crippen molar-refractivity contribution in [1.82, 2.24) is 0 Å². The van der Waals surface area contributed by atoms with E-state index in [1.165, 1.54) is 20.3 Å². The lowest BCUT2D eigenvalue weighted by molar-refractivity contribution is 0.384. The van der Waals surface area contributed by atoms with Crippen LogP contribution in [0.15, 0.2) is 46.0 Å². The molecule has 5 nitrogen and oxygen atoms in total. The number of halogens is 1. The Bertz CT molecular complexity index is 669. The second kappa shape index (κ2) is 6.49. The van der Waals surface area contributed by atoms with E-state index in [9.17, 15) is 5.11 Å². The standard InChI is InChI=1S/C15H15BrN2O3/c1-20-11-7-12(19)14(13(8-11)21-2)15(18-17)9-3-5-10(16)6-4-9/h3-8,19H,17H2,1-2H3/b18-15-. The van der Waals surface area contributed by atoms with Crippen LogP contribution >= 0.6 is 15.9 Å². The topological polar surface area (TPSA) is 77.1 Å². The van der Waals surface area contributed by atoms with Gasteiger partial charge in [-0.15, -0.1) is 0 Å². The van der Waals surface area contributed by atoms with Crippen molar-refractivity contribution >= 4 is 21.6 Å². The fourth-order valence-corrected chi connectivity index (χ4v) is 2.25. The molecule has 0 aliphatic carbocycles. The van der Waals surface area contributed by atoms with Gasteiger partial charge in [0.25, 0.3) is 0 Å². The Labute approximate surface area is 131 Å². The SMILES string of the molecule is COc1cc(O)c(/C(=N\N)c2ccc(Br)cc2)c(OC)c1. The number of benzene rings is 2. The van der Waals surface area contributed by atoms with Gasteiger partial charge in [-0.25, -0.2) is 0 Å². The maximum absolute atomic E-state index is 10.2. The van der Waals surface area contributed by atoms with E-state index in [0.717, 1.165) is 10.0 Å². The first kappa shape index (κ1) is 15.2. The second-order valence-corrected chi connectivity index (χ2v) is 5.12. The molecule has 2 rings (SSSR count). The first-order chi connectivity index (χ1) is 10.1. The average Bonchev–Trinajstić information content (AvgIpc) is 2.50. The van der Waals surface area contributed by atoms with Crippen molar-refractivity contribution in [2.75, 3.05) is 14.2 Å². The molecule has 3 N–H and O–H groups in total. The number of aromatic hydroxyl groups is 1. The van der Waals surface area contributed by atoms with E-state index in [4.69, 9.17) is 15.3 Å². The van der Waals surface area contributed by atoms with Gasteiger partial charge in [0.05, 0.1) is 19.8 Å². The summed E-state index contributed by atoms with van der Waals surface area (Å²) in [5.41, 5.74) is 1.61. The first-order valence-electron chi connectivity index (χ1n) is 6.10. The Balaban J connectivity index is 2.60. The summed E-state index contributed by atoms with van der Waals surface area (Å²) in [5, 5.41) is 14.0. The van der Waals surface area contributed by atoms with Gasteiger partial charge in [0.1, 0.15) is 23.0 Å². The van der Waals surface area contributed by atoms with E-state index in [1.54, 1.807) is 6.07 Å². The molecular formula is C15H15BrN2O3. The molecular weight excluding hydrogens is 336 g/mol. The molecule has 0 aliphatic rings. The van der Waals surface area contributed by atoms with E-state index in [0.29, 0.717) is 22.8 Å². The van der Waals surface area contributed by atoms with Gasteiger partial charge < -0.3 is 20.4 Å². The Hall–Kier alpha value is -2.21. The number of hydrogen-bond acceptors (Lipinski definition) is 5. The number of phenols is 1. The summed E-state index contributed by atoms with van der Waals surface area (Å²) in [6.45, 7) is 0. The van der Waals surface area contributed by atoms with Crippen molar-refractivity contribution in [3.63, 3.8) is 0 Å². The highest BCUT2D eigenvalue weighted by molar-refractivity contribution is 9.10. The zero-order valence-electron chi connectivity index (χ0n) is 11.6. The average molecular weight is 351 g/mol. The van der Waals surface area contributed by atoms with Crippen molar-refractivity contribution < 1.29 is 14.6 Å². The van der Waals surface area contributed by atoms with Gasteiger partial charge in [0.2, 0.25) is 0 Å². The molecule has 0 saturated heterocycles. The van der Waals surface area contributed by atoms with Gasteiger partial charge in [-0.1, -0.05) is 28.1 Å². The lowest BCUT2D eigenvalue weighted by atomic mass is 10.00. The zero-order chi connectivity index (χ0) is 15.4. The van der Waals surface area contributed by atoms with Crippen LogP contribution in [-0.4, -0.2) is 25.0 Å². The summed E-state index contributed by atoms with van der Waals surface area (Å²) >= 11 is 3.37. The lowest BCUT2D eigenvalue weighted by Gasteiger charge is -2.14. The predicted octanol–water partition coefficient (Wildman–Crippen LogP) is 2.88. The summed E-state index contributed by atoms with van der Waals surface area (Å²) in [6, 6.07) is 10.6. The molecule has 110 valence electrons. The van der Waals surface area contributed by atoms with Gasteiger partial charge >= 0.3 is 0 Å². The van der Waals surface area contributed by atoms with Crippen LogP contribution in [0.2, 0.25) is 0 Å². The summed E-state index contributed by atoms with van der Waals surface area (Å²) in [4.78, 5) is 0. The fraction of sp³-hybridized carbons (Fsp3) is 0.133. The highest BCUT2D eigenvalue weighted by atomic mass is 79.9. The van der Waals surface area contributed by atoms with Gasteiger partial charge in [-0.05, 0) is 12.1 Å². The lowest BCUT2D eigenvalue weighted by Crippen LogP contribution is -2.09. The third-order valence-electron chi connectivity index (χ3n) is 2.99. The molecule has 2 aromatic rings. The van der Waals surface area contributed by atoms with Crippen molar-refractivity contribution in [2.45, 2.75) is 0 Å². The van der Waals surface area contributed by atoms with Gasteiger partial charge in [0.15, 0.2) is 0 Å². The van der Waals surface area contributed by atoms with E-state index in [2.05, 4.69) is 21.0 Å². The number of nitrogens with zero attached hydrogens (tertiary/aromatic N) is 1. The minimum Gasteiger partial charge on any atom is -0.507 e. The number of phenolic OH excluding ortho intramolecular Hbond substituents is 1. The Kier molecular flexibility index (Phi) is 4.70. The van der Waals surface area contributed by atoms with Crippen LogP contribution in [0.1, 0.15) is 11.1 Å². The summed E-state index contributed by atoms with van der Waals surface area (Å²) < 4.78 is 11.4. The Morgan fingerprint density at radius 3 is 2.33 bits per heavy atom. The van der Waals surface area contributed by atoms with Crippen LogP contribution in [0.3, 0.4) is 0 Å². The summed E-state index contributed by atoms with van der Waals surface area (Å²) in [7, 11) is 3.02. The molecule has 0 atom stereocenters. The first-order valence-corrected chi connectivity index (χ1v) is 6.89. The van der Waals surface area contributed by atoms with E-state index >= 15 is 0 Å². The molecule has 6 heteroatoms. The smallest absolute Gasteiger partial charge is 0.135 e. The number of methoxy groups -OCH3 is 2. The highest BCUT2D eigenvalue weighted by Crippen LogP contribution is 2.35. The minimum atomic E-state index is -0.0154. The van der Waals surface area contributed by atoms with Crippen molar-refractivity contribution in [3.05, 3.63) is 52.0 Å². The minimum absolute atomic E-state index is 0.0154. The van der Waals surface area contributed by atoms with Crippen LogP contribution in [-0.2, 0) is 0 Å². The zero-order valence-corrected chi connectivity index (χ0v) is 13.2. The van der Waals surface area contributed by atoms with Crippen molar-refractivity contribution in [2.24, 2.45) is 10.9 Å². The Morgan fingerprint density at radius 2 is 1.81 bits per heavy atom. The van der Waals surface area contributed by atoms with E-state index < -0.39 is 0 Å². The third-order valence-corrected chi connectivity index (χ3v) is 3.52. The molecule has 21 heavy (non-hydrogen) atoms. The molecule has 0 unspecified atom stereocenters. The highest BCUT2D eigenvalue weighted by Gasteiger charge is 2.19. The summed E-state index contributed by atoms with van der Waals surface area (Å²) in [5.74, 6) is 6.42. The number of hydrazone groups is 1. The summed E-state index contributed by atoms with van der Waals surface area (Å²) in [6.07, 6.45) is 0. The third kappa shape index (κ3) is 3.11. The number of nitrogens with two attached hydrogens (primary N) is 1. The molecule has 0 saturated carbocycles. The quantitative estimate of drug-likeness (QED) is 0.505. The number of rotatable bonds is 4. The maximum Gasteiger partial charge on any atom is 0.135 e. The molecule has 0 fully saturated rings. The number of hydrogen-bond donors (Lipinski definition) is 2. The normalized spacial score (nSPS) is 11.3. The maximum atomic E-state index is 10.2. The van der Waals surface area contributed by atoms with Crippen LogP contribution in [0.25, 0.3) is 0 Å². The predicted molar refractivity (Wildman–Crippen MR) is 85.2 cm³/mol. The molecule has 0 aliphatic heterocycles. The Morgan fingerprint density at radius 1 is 1.14 bits per heavy atom. The molecule has 0 bridgehead atoms. The van der Waals surface area contributed by atoms with E-state index in [1.807, 2.05) is 24.3 Å². The molecule has 0 aromatic heterocycles. The van der Waals surface area contributed by atoms with E-state index in [-0.39, 0.29) is 5.75 Å². The molecule has 0 spiro atoms. The molecule has 0 heterocycles. The molecule has 0 radical (unpaired) electrons. The van der Waals surface area contributed by atoms with Crippen LogP contribution in [0.5, 0.6) is 17.2 Å². The fourth-order valence-electron chi connectivity index (χ4n) is 1.98. The van der Waals surface area contributed by atoms with Crippen LogP contribution < -0.4 is 15.3 Å². The van der Waals surface area contributed by atoms with Crippen LogP contribution in [0.4, 0.5) is 0 Å². The van der Waals surface area contributed by atoms with Crippen LogP contribution in [0, 0.1) is 0 Å². The second-order valence-electron chi connectivity index (χ2n) is 4.21. The monoisotopic (exact) mass is 350 g/mol. The number of ether oxygens (including phenoxy) is 2. The molecule has 0 amide bonds. The van der Waals surface area contributed by atoms with Gasteiger partial charge in [0, 0.05) is 22.2 Å². The molecule has 2 aromatic carbocycles. The van der Waals surface area contributed by atoms with Gasteiger partial charge in [-0.3, -0.25) is 0 Å². The van der Waals surface area contributed by atoms with Crippen molar-refractivity contribution in [3.8, 4) is 17.2 Å². The van der Waals surface area contributed by atoms with Gasteiger partial charge in [-0.2, -0.15) is 5.10 Å². The van der Waals surface area contributed by atoms with Crippen molar-refractivity contribution in [1.29, 1.82) is 0 Å².